The molecule has 2 fully saturated rings. The molecule has 19 heavy (non-hydrogen) atoms. The van der Waals surface area contributed by atoms with Crippen molar-refractivity contribution in [2.45, 2.75) is 37.7 Å². The van der Waals surface area contributed by atoms with Crippen LogP contribution < -0.4 is 0 Å². The fraction of sp³-hybridized carbons (Fsp3) is 0.769. The van der Waals surface area contributed by atoms with Crippen LogP contribution >= 0.6 is 0 Å². The lowest BCUT2D eigenvalue weighted by molar-refractivity contribution is -0.142. The van der Waals surface area contributed by atoms with Gasteiger partial charge in [-0.1, -0.05) is 0 Å². The molecular weight excluding hydrogens is 244 g/mol. The van der Waals surface area contributed by atoms with Crippen molar-refractivity contribution in [3.8, 4) is 0 Å². The van der Waals surface area contributed by atoms with Crippen molar-refractivity contribution >= 4 is 5.91 Å². The molecule has 0 unspecified atom stereocenters. The first kappa shape index (κ1) is 12.6. The van der Waals surface area contributed by atoms with Crippen molar-refractivity contribution in [2.75, 3.05) is 19.7 Å². The van der Waals surface area contributed by atoms with Gasteiger partial charge in [-0.3, -0.25) is 4.79 Å². The summed E-state index contributed by atoms with van der Waals surface area (Å²) in [5.74, 6) is 1.43. The van der Waals surface area contributed by atoms with Crippen molar-refractivity contribution in [2.24, 2.45) is 7.05 Å². The standard InChI is InChI=1S/C13H20N4O2/c1-16-9-14-15-12(16)10-4-2-6-17(8-10)13(18)11-5-3-7-19-11/h9-11H,2-8H2,1H3/t10-,11-/m0/s1. The minimum Gasteiger partial charge on any atom is -0.368 e. The quantitative estimate of drug-likeness (QED) is 0.789. The van der Waals surface area contributed by atoms with Gasteiger partial charge in [0.15, 0.2) is 0 Å². The molecule has 0 radical (unpaired) electrons. The number of piperidine rings is 1. The van der Waals surface area contributed by atoms with E-state index in [1.807, 2.05) is 16.5 Å². The molecule has 1 amide bonds. The largest absolute Gasteiger partial charge is 0.368 e. The first-order valence-corrected chi connectivity index (χ1v) is 7.00. The van der Waals surface area contributed by atoms with Crippen LogP contribution in [0.15, 0.2) is 6.33 Å². The molecule has 0 aliphatic carbocycles. The van der Waals surface area contributed by atoms with Crippen LogP contribution in [0.2, 0.25) is 0 Å². The number of nitrogens with zero attached hydrogens (tertiary/aromatic N) is 4. The third kappa shape index (κ3) is 2.49. The Balaban J connectivity index is 1.68. The number of likely N-dealkylation sites (tertiary alicyclic amines) is 1. The number of hydrogen-bond donors (Lipinski definition) is 0. The van der Waals surface area contributed by atoms with Crippen LogP contribution in [0.25, 0.3) is 0 Å². The first-order chi connectivity index (χ1) is 9.25. The van der Waals surface area contributed by atoms with E-state index in [9.17, 15) is 4.79 Å². The van der Waals surface area contributed by atoms with Gasteiger partial charge in [-0.25, -0.2) is 0 Å². The summed E-state index contributed by atoms with van der Waals surface area (Å²) in [4.78, 5) is 14.3. The van der Waals surface area contributed by atoms with E-state index < -0.39 is 0 Å². The monoisotopic (exact) mass is 264 g/mol. The fourth-order valence-corrected chi connectivity index (χ4v) is 3.03. The second kappa shape index (κ2) is 5.28. The lowest BCUT2D eigenvalue weighted by Gasteiger charge is -2.33. The number of amides is 1. The minimum atomic E-state index is -0.210. The van der Waals surface area contributed by atoms with Crippen LogP contribution in [0.4, 0.5) is 0 Å². The van der Waals surface area contributed by atoms with Gasteiger partial charge in [-0.05, 0) is 25.7 Å². The SMILES string of the molecule is Cn1cnnc1[C@H]1CCCN(C(=O)[C@@H]2CCCO2)C1. The Bertz CT molecular complexity index is 453. The molecule has 2 aliphatic rings. The molecule has 6 heteroatoms. The minimum absolute atomic E-state index is 0.157. The Morgan fingerprint density at radius 1 is 1.42 bits per heavy atom. The molecule has 2 saturated heterocycles. The van der Waals surface area contributed by atoms with Gasteiger partial charge < -0.3 is 14.2 Å². The van der Waals surface area contributed by atoms with Crippen LogP contribution in [0.1, 0.15) is 37.4 Å². The number of aromatic nitrogens is 3. The van der Waals surface area contributed by atoms with Gasteiger partial charge in [0, 0.05) is 32.7 Å². The highest BCUT2D eigenvalue weighted by Gasteiger charge is 2.32. The van der Waals surface area contributed by atoms with Crippen molar-refractivity contribution in [3.05, 3.63) is 12.2 Å². The lowest BCUT2D eigenvalue weighted by Crippen LogP contribution is -2.44. The molecule has 1 aromatic heterocycles. The average molecular weight is 264 g/mol. The van der Waals surface area contributed by atoms with E-state index in [4.69, 9.17) is 4.74 Å². The molecule has 2 aliphatic heterocycles. The van der Waals surface area contributed by atoms with Crippen molar-refractivity contribution in [1.82, 2.24) is 19.7 Å². The number of rotatable bonds is 2. The molecule has 104 valence electrons. The van der Waals surface area contributed by atoms with E-state index in [-0.39, 0.29) is 12.0 Å². The molecule has 2 atom stereocenters. The highest BCUT2D eigenvalue weighted by atomic mass is 16.5. The summed E-state index contributed by atoms with van der Waals surface area (Å²) in [5, 5.41) is 8.10. The van der Waals surface area contributed by atoms with E-state index in [1.165, 1.54) is 0 Å². The second-order valence-corrected chi connectivity index (χ2v) is 5.43. The van der Waals surface area contributed by atoms with Gasteiger partial charge in [-0.15, -0.1) is 10.2 Å². The first-order valence-electron chi connectivity index (χ1n) is 7.00. The molecule has 0 aromatic carbocycles. The van der Waals surface area contributed by atoms with Crippen LogP contribution in [-0.4, -0.2) is 51.4 Å². The molecule has 0 N–H and O–H groups in total. The summed E-state index contributed by atoms with van der Waals surface area (Å²) >= 11 is 0. The summed E-state index contributed by atoms with van der Waals surface area (Å²) in [7, 11) is 1.95. The summed E-state index contributed by atoms with van der Waals surface area (Å²) in [6.07, 6.45) is 5.47. The van der Waals surface area contributed by atoms with Gasteiger partial charge in [-0.2, -0.15) is 0 Å². The molecule has 0 saturated carbocycles. The zero-order chi connectivity index (χ0) is 13.2. The highest BCUT2D eigenvalue weighted by molar-refractivity contribution is 5.81. The van der Waals surface area contributed by atoms with Crippen LogP contribution in [-0.2, 0) is 16.6 Å². The molecule has 3 rings (SSSR count). The maximum absolute atomic E-state index is 12.4. The Hall–Kier alpha value is -1.43. The Kier molecular flexibility index (Phi) is 3.50. The van der Waals surface area contributed by atoms with Crippen LogP contribution in [0.5, 0.6) is 0 Å². The van der Waals surface area contributed by atoms with Gasteiger partial charge >= 0.3 is 0 Å². The third-order valence-electron chi connectivity index (χ3n) is 4.05. The van der Waals surface area contributed by atoms with Gasteiger partial charge in [0.05, 0.1) is 0 Å². The third-order valence-corrected chi connectivity index (χ3v) is 4.05. The predicted octanol–water partition coefficient (Wildman–Crippen LogP) is 0.700. The lowest BCUT2D eigenvalue weighted by atomic mass is 9.96. The van der Waals surface area contributed by atoms with E-state index in [0.29, 0.717) is 5.92 Å². The predicted molar refractivity (Wildman–Crippen MR) is 68.5 cm³/mol. The van der Waals surface area contributed by atoms with Crippen molar-refractivity contribution < 1.29 is 9.53 Å². The molecular formula is C13H20N4O2. The number of carbonyl (C=O) groups is 1. The molecule has 3 heterocycles. The molecule has 1 aromatic rings. The average Bonchev–Trinajstić information content (AvgIpc) is 3.09. The van der Waals surface area contributed by atoms with Crippen molar-refractivity contribution in [3.63, 3.8) is 0 Å². The Morgan fingerprint density at radius 2 is 2.32 bits per heavy atom. The summed E-state index contributed by atoms with van der Waals surface area (Å²) < 4.78 is 7.44. The molecule has 6 nitrogen and oxygen atoms in total. The number of carbonyl (C=O) groups excluding carboxylic acids is 1. The van der Waals surface area contributed by atoms with Gasteiger partial charge in [0.1, 0.15) is 18.3 Å². The van der Waals surface area contributed by atoms with E-state index in [0.717, 1.165) is 51.2 Å². The van der Waals surface area contributed by atoms with Gasteiger partial charge in [0.2, 0.25) is 0 Å². The molecule has 0 spiro atoms. The second-order valence-electron chi connectivity index (χ2n) is 5.43. The normalized spacial score (nSPS) is 27.7. The summed E-state index contributed by atoms with van der Waals surface area (Å²) in [6, 6.07) is 0. The van der Waals surface area contributed by atoms with Crippen molar-refractivity contribution in [1.29, 1.82) is 0 Å². The fourth-order valence-electron chi connectivity index (χ4n) is 3.03. The summed E-state index contributed by atoms with van der Waals surface area (Å²) in [6.45, 7) is 2.30. The molecule has 0 bridgehead atoms. The van der Waals surface area contributed by atoms with E-state index >= 15 is 0 Å². The zero-order valence-corrected chi connectivity index (χ0v) is 11.3. The zero-order valence-electron chi connectivity index (χ0n) is 11.3. The maximum atomic E-state index is 12.4. The topological polar surface area (TPSA) is 60.2 Å². The van der Waals surface area contributed by atoms with E-state index in [2.05, 4.69) is 10.2 Å². The van der Waals surface area contributed by atoms with E-state index in [1.54, 1.807) is 6.33 Å². The van der Waals surface area contributed by atoms with Crippen LogP contribution in [0.3, 0.4) is 0 Å². The Labute approximate surface area is 112 Å². The van der Waals surface area contributed by atoms with Crippen LogP contribution in [0, 0.1) is 0 Å². The number of ether oxygens (including phenoxy) is 1. The smallest absolute Gasteiger partial charge is 0.251 e. The number of hydrogen-bond acceptors (Lipinski definition) is 4. The summed E-state index contributed by atoms with van der Waals surface area (Å²) in [5.41, 5.74) is 0. The van der Waals surface area contributed by atoms with Gasteiger partial charge in [0.25, 0.3) is 5.91 Å². The Morgan fingerprint density at radius 3 is 3.00 bits per heavy atom. The highest BCUT2D eigenvalue weighted by Crippen LogP contribution is 2.26. The maximum Gasteiger partial charge on any atom is 0.251 e. The number of aryl methyl sites for hydroxylation is 1.